The van der Waals surface area contributed by atoms with Crippen LogP contribution in [0.1, 0.15) is 53.0 Å². The Morgan fingerprint density at radius 1 is 0.820 bits per heavy atom. The van der Waals surface area contributed by atoms with E-state index >= 15 is 0 Å². The van der Waals surface area contributed by atoms with Gasteiger partial charge >= 0.3 is 0 Å². The minimum Gasteiger partial charge on any atom is -0.494 e. The van der Waals surface area contributed by atoms with Gasteiger partial charge in [0.1, 0.15) is 11.8 Å². The van der Waals surface area contributed by atoms with E-state index in [9.17, 15) is 37.6 Å². The van der Waals surface area contributed by atoms with Crippen LogP contribution in [0.4, 0.5) is 5.69 Å². The molecule has 5 amide bonds. The maximum Gasteiger partial charge on any atom is 0.264 e. The van der Waals surface area contributed by atoms with E-state index in [1.54, 1.807) is 72.2 Å². The fourth-order valence-corrected chi connectivity index (χ4v) is 6.15. The molecule has 0 aromatic heterocycles. The van der Waals surface area contributed by atoms with Gasteiger partial charge in [0.05, 0.1) is 35.3 Å². The van der Waals surface area contributed by atoms with E-state index < -0.39 is 69.8 Å². The van der Waals surface area contributed by atoms with Crippen LogP contribution >= 0.6 is 0 Å². The van der Waals surface area contributed by atoms with Gasteiger partial charge in [-0.2, -0.15) is 8.42 Å². The highest BCUT2D eigenvalue weighted by molar-refractivity contribution is 7.85. The first-order valence-electron chi connectivity index (χ1n) is 16.0. The number of hydrogen-bond donors (Lipinski definition) is 5. The van der Waals surface area contributed by atoms with Crippen molar-refractivity contribution in [3.8, 4) is 5.75 Å². The van der Waals surface area contributed by atoms with Crippen LogP contribution in [-0.4, -0.2) is 77.6 Å². The summed E-state index contributed by atoms with van der Waals surface area (Å²) in [6.07, 6.45) is 0.203. The van der Waals surface area contributed by atoms with Gasteiger partial charge in [0.15, 0.2) is 0 Å². The maximum atomic E-state index is 14.1. The second kappa shape index (κ2) is 17.0. The number of carbonyl (C=O) groups excluding carboxylic acids is 5. The molecule has 14 nitrogen and oxygen atoms in total. The average molecular weight is 709 g/mol. The first-order valence-corrected chi connectivity index (χ1v) is 17.6. The standard InChI is InChI=1S/C35H40N4O10S/c1-22(2)19-28(29(32(41)38-45)21-39-34(43)26-11-6-7-12-27(26)35(39)44)31(40)37-30(33(42)36-24-9-4-3-5-10-24)20-23-13-15-25(16-14-23)49-17-8-18-50(46,47)48/h3-7,9-16,22,28-30,45H,8,17-21H2,1-2H3,(H,36,42)(H,37,40)(H,38,41)(H,46,47,48)/t28-,29?,30+/m1/s1. The van der Waals surface area contributed by atoms with Crippen LogP contribution in [0.2, 0.25) is 0 Å². The van der Waals surface area contributed by atoms with E-state index in [-0.39, 0.29) is 42.9 Å². The summed E-state index contributed by atoms with van der Waals surface area (Å²) in [6.45, 7) is 3.19. The molecule has 3 atom stereocenters. The molecule has 0 aliphatic carbocycles. The zero-order valence-electron chi connectivity index (χ0n) is 27.6. The van der Waals surface area contributed by atoms with Crippen molar-refractivity contribution in [3.63, 3.8) is 0 Å². The lowest BCUT2D eigenvalue weighted by molar-refractivity contribution is -0.141. The number of fused-ring (bicyclic) bond motifs is 1. The van der Waals surface area contributed by atoms with E-state index in [0.717, 1.165) is 4.90 Å². The van der Waals surface area contributed by atoms with Gasteiger partial charge < -0.3 is 15.4 Å². The highest BCUT2D eigenvalue weighted by Gasteiger charge is 2.42. The second-order valence-electron chi connectivity index (χ2n) is 12.3. The Morgan fingerprint density at radius 3 is 1.98 bits per heavy atom. The minimum absolute atomic E-state index is 0.0110. The van der Waals surface area contributed by atoms with Gasteiger partial charge in [0, 0.05) is 18.7 Å². The van der Waals surface area contributed by atoms with Gasteiger partial charge in [-0.25, -0.2) is 5.48 Å². The molecule has 15 heteroatoms. The third-order valence-electron chi connectivity index (χ3n) is 8.11. The summed E-state index contributed by atoms with van der Waals surface area (Å²) in [5.41, 5.74) is 3.01. The Labute approximate surface area is 289 Å². The predicted molar refractivity (Wildman–Crippen MR) is 182 cm³/mol. The number of para-hydroxylation sites is 1. The summed E-state index contributed by atoms with van der Waals surface area (Å²) >= 11 is 0. The van der Waals surface area contributed by atoms with Crippen LogP contribution in [0.5, 0.6) is 5.75 Å². The molecule has 0 fully saturated rings. The maximum absolute atomic E-state index is 14.1. The average Bonchev–Trinajstić information content (AvgIpc) is 3.32. The summed E-state index contributed by atoms with van der Waals surface area (Å²) in [6, 6.07) is 20.2. The Hall–Kier alpha value is -5.12. The van der Waals surface area contributed by atoms with Crippen molar-refractivity contribution in [1.29, 1.82) is 0 Å². The Kier molecular flexibility index (Phi) is 12.8. The quantitative estimate of drug-likeness (QED) is 0.0455. The van der Waals surface area contributed by atoms with Crippen LogP contribution in [0.3, 0.4) is 0 Å². The molecule has 0 radical (unpaired) electrons. The number of hydroxylamine groups is 1. The Balaban J connectivity index is 1.57. The second-order valence-corrected chi connectivity index (χ2v) is 13.9. The van der Waals surface area contributed by atoms with Crippen LogP contribution in [0.25, 0.3) is 0 Å². The van der Waals surface area contributed by atoms with Crippen molar-refractivity contribution < 1.29 is 46.9 Å². The molecule has 4 rings (SSSR count). The molecule has 50 heavy (non-hydrogen) atoms. The van der Waals surface area contributed by atoms with Crippen LogP contribution in [0.15, 0.2) is 78.9 Å². The largest absolute Gasteiger partial charge is 0.494 e. The number of hydrogen-bond acceptors (Lipinski definition) is 9. The summed E-state index contributed by atoms with van der Waals surface area (Å²) in [7, 11) is -4.11. The van der Waals surface area contributed by atoms with Crippen LogP contribution in [-0.2, 0) is 30.9 Å². The lowest BCUT2D eigenvalue weighted by Crippen LogP contribution is -2.52. The van der Waals surface area contributed by atoms with E-state index in [2.05, 4.69) is 10.6 Å². The number of nitrogens with one attached hydrogen (secondary N) is 3. The van der Waals surface area contributed by atoms with Gasteiger partial charge in [-0.05, 0) is 60.7 Å². The summed E-state index contributed by atoms with van der Waals surface area (Å²) < 4.78 is 36.3. The van der Waals surface area contributed by atoms with E-state index in [1.807, 2.05) is 13.8 Å². The molecule has 5 N–H and O–H groups in total. The Morgan fingerprint density at radius 2 is 1.42 bits per heavy atom. The predicted octanol–water partition coefficient (Wildman–Crippen LogP) is 3.09. The van der Waals surface area contributed by atoms with E-state index in [0.29, 0.717) is 17.0 Å². The fraction of sp³-hybridized carbons (Fsp3) is 0.343. The molecule has 1 aliphatic heterocycles. The molecule has 1 unspecified atom stereocenters. The smallest absolute Gasteiger partial charge is 0.264 e. The summed E-state index contributed by atoms with van der Waals surface area (Å²) in [5.74, 6) is -6.19. The number of carbonyl (C=O) groups is 5. The topological polar surface area (TPSA) is 209 Å². The van der Waals surface area contributed by atoms with E-state index in [1.165, 1.54) is 12.1 Å². The van der Waals surface area contributed by atoms with Gasteiger partial charge in [0.25, 0.3) is 21.9 Å². The molecule has 0 saturated heterocycles. The van der Waals surface area contributed by atoms with Crippen molar-refractivity contribution >= 4 is 45.3 Å². The molecule has 266 valence electrons. The number of amides is 5. The van der Waals surface area contributed by atoms with Crippen LogP contribution < -0.4 is 20.9 Å². The number of nitrogens with zero attached hydrogens (tertiary/aromatic N) is 1. The first-order chi connectivity index (χ1) is 23.8. The van der Waals surface area contributed by atoms with Crippen molar-refractivity contribution in [1.82, 2.24) is 15.7 Å². The highest BCUT2D eigenvalue weighted by Crippen LogP contribution is 2.28. The Bertz CT molecular complexity index is 1760. The molecular formula is C35H40N4O10S. The number of rotatable bonds is 17. The number of imide groups is 1. The molecular weight excluding hydrogens is 668 g/mol. The summed E-state index contributed by atoms with van der Waals surface area (Å²) in [4.78, 5) is 68.1. The third-order valence-corrected chi connectivity index (χ3v) is 8.91. The first kappa shape index (κ1) is 37.7. The number of anilines is 1. The molecule has 3 aromatic carbocycles. The molecule has 0 bridgehead atoms. The zero-order valence-corrected chi connectivity index (χ0v) is 28.4. The highest BCUT2D eigenvalue weighted by atomic mass is 32.2. The van der Waals surface area contributed by atoms with Gasteiger partial charge in [0.2, 0.25) is 17.7 Å². The molecule has 0 saturated carbocycles. The monoisotopic (exact) mass is 708 g/mol. The third kappa shape index (κ3) is 10.2. The fourth-order valence-electron chi connectivity index (χ4n) is 5.67. The normalized spacial score (nSPS) is 14.5. The van der Waals surface area contributed by atoms with Crippen molar-refractivity contribution in [2.24, 2.45) is 17.8 Å². The SMILES string of the molecule is CC(C)C[C@@H](C(=O)N[C@@H](Cc1ccc(OCCCS(=O)(=O)O)cc1)C(=O)Nc1ccccc1)C(CN1C(=O)c2ccccc2C1=O)C(=O)NO. The van der Waals surface area contributed by atoms with Crippen molar-refractivity contribution in [3.05, 3.63) is 95.6 Å². The van der Waals surface area contributed by atoms with Crippen LogP contribution in [0, 0.1) is 17.8 Å². The van der Waals surface area contributed by atoms with Crippen molar-refractivity contribution in [2.75, 3.05) is 24.2 Å². The molecule has 1 aliphatic rings. The van der Waals surface area contributed by atoms with Crippen molar-refractivity contribution in [2.45, 2.75) is 39.2 Å². The van der Waals surface area contributed by atoms with E-state index in [4.69, 9.17) is 9.29 Å². The number of ether oxygens (including phenoxy) is 1. The summed E-state index contributed by atoms with van der Waals surface area (Å²) in [5, 5.41) is 15.2. The number of benzene rings is 3. The zero-order chi connectivity index (χ0) is 36.4. The lowest BCUT2D eigenvalue weighted by atomic mass is 9.83. The molecule has 0 spiro atoms. The lowest BCUT2D eigenvalue weighted by Gasteiger charge is -2.30. The van der Waals surface area contributed by atoms with Gasteiger partial charge in [-0.1, -0.05) is 56.3 Å². The molecule has 3 aromatic rings. The van der Waals surface area contributed by atoms with Gasteiger partial charge in [-0.3, -0.25) is 38.6 Å². The van der Waals surface area contributed by atoms with Gasteiger partial charge in [-0.15, -0.1) is 0 Å². The molecule has 1 heterocycles. The minimum atomic E-state index is -4.11.